The number of rotatable bonds is 3. The molecule has 0 spiro atoms. The van der Waals surface area contributed by atoms with Crippen LogP contribution < -0.4 is 5.32 Å². The average Bonchev–Trinajstić information content (AvgIpc) is 2.82. The minimum Gasteiger partial charge on any atom is -0.368 e. The molecule has 1 amide bonds. The first kappa shape index (κ1) is 11.9. The van der Waals surface area contributed by atoms with Crippen molar-refractivity contribution in [1.29, 1.82) is 0 Å². The maximum Gasteiger partial charge on any atom is 0.251 e. The van der Waals surface area contributed by atoms with E-state index in [-0.39, 0.29) is 12.0 Å². The van der Waals surface area contributed by atoms with Crippen LogP contribution in [0.1, 0.15) is 25.7 Å². The first-order valence-corrected chi connectivity index (χ1v) is 6.36. The number of nitrogens with zero attached hydrogens (tertiary/aromatic N) is 1. The summed E-state index contributed by atoms with van der Waals surface area (Å²) < 4.78 is 5.46. The van der Waals surface area contributed by atoms with Crippen LogP contribution in [0.4, 0.5) is 0 Å². The number of likely N-dealkylation sites (tertiary alicyclic amines) is 1. The first-order valence-electron chi connectivity index (χ1n) is 6.36. The van der Waals surface area contributed by atoms with Crippen molar-refractivity contribution in [2.75, 3.05) is 33.3 Å². The molecule has 2 aliphatic heterocycles. The van der Waals surface area contributed by atoms with Crippen molar-refractivity contribution in [3.63, 3.8) is 0 Å². The molecule has 0 radical (unpaired) electrons. The van der Waals surface area contributed by atoms with Gasteiger partial charge in [0, 0.05) is 19.7 Å². The standard InChI is InChI=1S/C12H22N2O2/c1-13-8-10-4-2-6-14(9-10)12(15)11-5-3-7-16-11/h10-11,13H,2-9H2,1H3/t10?,11-/m0/s1. The lowest BCUT2D eigenvalue weighted by Crippen LogP contribution is -2.46. The van der Waals surface area contributed by atoms with Gasteiger partial charge in [-0.3, -0.25) is 4.79 Å². The molecule has 2 rings (SSSR count). The van der Waals surface area contributed by atoms with E-state index in [4.69, 9.17) is 4.74 Å². The number of nitrogens with one attached hydrogen (secondary N) is 1. The Morgan fingerprint density at radius 3 is 3.00 bits per heavy atom. The summed E-state index contributed by atoms with van der Waals surface area (Å²) in [4.78, 5) is 14.1. The Morgan fingerprint density at radius 2 is 2.31 bits per heavy atom. The predicted octanol–water partition coefficient (Wildman–Crippen LogP) is 0.623. The highest BCUT2D eigenvalue weighted by molar-refractivity contribution is 5.81. The molecular weight excluding hydrogens is 204 g/mol. The fraction of sp³-hybridized carbons (Fsp3) is 0.917. The van der Waals surface area contributed by atoms with E-state index in [2.05, 4.69) is 5.32 Å². The zero-order valence-corrected chi connectivity index (χ0v) is 10.1. The number of hydrogen-bond acceptors (Lipinski definition) is 3. The molecule has 0 bridgehead atoms. The summed E-state index contributed by atoms with van der Waals surface area (Å²) in [6.45, 7) is 3.58. The van der Waals surface area contributed by atoms with Gasteiger partial charge in [-0.2, -0.15) is 0 Å². The lowest BCUT2D eigenvalue weighted by molar-refractivity contribution is -0.142. The monoisotopic (exact) mass is 226 g/mol. The molecule has 2 heterocycles. The van der Waals surface area contributed by atoms with Gasteiger partial charge < -0.3 is 15.0 Å². The molecule has 0 aromatic heterocycles. The van der Waals surface area contributed by atoms with Crippen molar-refractivity contribution in [2.45, 2.75) is 31.8 Å². The zero-order valence-electron chi connectivity index (χ0n) is 10.1. The summed E-state index contributed by atoms with van der Waals surface area (Å²) >= 11 is 0. The third-order valence-electron chi connectivity index (χ3n) is 3.53. The van der Waals surface area contributed by atoms with Crippen molar-refractivity contribution in [3.05, 3.63) is 0 Å². The lowest BCUT2D eigenvalue weighted by atomic mass is 9.97. The van der Waals surface area contributed by atoms with E-state index in [9.17, 15) is 4.79 Å². The molecule has 1 unspecified atom stereocenters. The van der Waals surface area contributed by atoms with E-state index in [1.165, 1.54) is 6.42 Å². The molecule has 2 atom stereocenters. The van der Waals surface area contributed by atoms with Crippen LogP contribution in [0.25, 0.3) is 0 Å². The molecule has 4 nitrogen and oxygen atoms in total. The van der Waals surface area contributed by atoms with E-state index in [0.29, 0.717) is 5.92 Å². The summed E-state index contributed by atoms with van der Waals surface area (Å²) in [7, 11) is 1.97. The van der Waals surface area contributed by atoms with Crippen LogP contribution in [0, 0.1) is 5.92 Å². The second kappa shape index (κ2) is 5.64. The minimum absolute atomic E-state index is 0.145. The Hall–Kier alpha value is -0.610. The second-order valence-corrected chi connectivity index (χ2v) is 4.85. The van der Waals surface area contributed by atoms with Crippen LogP contribution in [0.15, 0.2) is 0 Å². The van der Waals surface area contributed by atoms with Crippen LogP contribution in [0.3, 0.4) is 0 Å². The van der Waals surface area contributed by atoms with Gasteiger partial charge in [0.2, 0.25) is 0 Å². The normalized spacial score (nSPS) is 30.7. The molecule has 1 N–H and O–H groups in total. The quantitative estimate of drug-likeness (QED) is 0.767. The van der Waals surface area contributed by atoms with Crippen molar-refractivity contribution >= 4 is 5.91 Å². The number of carbonyl (C=O) groups is 1. The number of ether oxygens (including phenoxy) is 1. The Morgan fingerprint density at radius 1 is 1.44 bits per heavy atom. The largest absolute Gasteiger partial charge is 0.368 e. The average molecular weight is 226 g/mol. The maximum atomic E-state index is 12.1. The van der Waals surface area contributed by atoms with Crippen LogP contribution in [-0.4, -0.2) is 50.2 Å². The van der Waals surface area contributed by atoms with E-state index in [0.717, 1.165) is 45.5 Å². The molecular formula is C12H22N2O2. The SMILES string of the molecule is CNCC1CCCN(C(=O)[C@@H]2CCCO2)C1. The molecule has 2 fully saturated rings. The summed E-state index contributed by atoms with van der Waals surface area (Å²) in [5.74, 6) is 0.836. The van der Waals surface area contributed by atoms with Gasteiger partial charge in [0.15, 0.2) is 0 Å². The third kappa shape index (κ3) is 2.74. The van der Waals surface area contributed by atoms with E-state index >= 15 is 0 Å². The molecule has 0 saturated carbocycles. The van der Waals surface area contributed by atoms with Gasteiger partial charge in [0.1, 0.15) is 6.10 Å². The van der Waals surface area contributed by atoms with Gasteiger partial charge >= 0.3 is 0 Å². The number of carbonyl (C=O) groups excluding carboxylic acids is 1. The fourth-order valence-electron chi connectivity index (χ4n) is 2.70. The highest BCUT2D eigenvalue weighted by atomic mass is 16.5. The third-order valence-corrected chi connectivity index (χ3v) is 3.53. The Bertz CT molecular complexity index is 237. The zero-order chi connectivity index (χ0) is 11.4. The van der Waals surface area contributed by atoms with Gasteiger partial charge in [0.25, 0.3) is 5.91 Å². The maximum absolute atomic E-state index is 12.1. The van der Waals surface area contributed by atoms with Crippen molar-refractivity contribution in [1.82, 2.24) is 10.2 Å². The van der Waals surface area contributed by atoms with E-state index < -0.39 is 0 Å². The number of hydrogen-bond donors (Lipinski definition) is 1. The molecule has 0 aromatic rings. The van der Waals surface area contributed by atoms with E-state index in [1.54, 1.807) is 0 Å². The van der Waals surface area contributed by atoms with Gasteiger partial charge in [-0.15, -0.1) is 0 Å². The first-order chi connectivity index (χ1) is 7.81. The van der Waals surface area contributed by atoms with Crippen molar-refractivity contribution in [3.8, 4) is 0 Å². The predicted molar refractivity (Wildman–Crippen MR) is 62.2 cm³/mol. The van der Waals surface area contributed by atoms with Crippen molar-refractivity contribution in [2.24, 2.45) is 5.92 Å². The van der Waals surface area contributed by atoms with E-state index in [1.807, 2.05) is 11.9 Å². The highest BCUT2D eigenvalue weighted by Crippen LogP contribution is 2.20. The Labute approximate surface area is 97.3 Å². The highest BCUT2D eigenvalue weighted by Gasteiger charge is 2.31. The molecule has 0 aromatic carbocycles. The summed E-state index contributed by atoms with van der Waals surface area (Å²) in [5, 5.41) is 3.20. The summed E-state index contributed by atoms with van der Waals surface area (Å²) in [6.07, 6.45) is 4.16. The molecule has 2 aliphatic rings. The topological polar surface area (TPSA) is 41.6 Å². The molecule has 0 aliphatic carbocycles. The molecule has 4 heteroatoms. The van der Waals surface area contributed by atoms with Gasteiger partial charge in [-0.1, -0.05) is 0 Å². The smallest absolute Gasteiger partial charge is 0.251 e. The molecule has 16 heavy (non-hydrogen) atoms. The van der Waals surface area contributed by atoms with Crippen molar-refractivity contribution < 1.29 is 9.53 Å². The lowest BCUT2D eigenvalue weighted by Gasteiger charge is -2.34. The molecule has 2 saturated heterocycles. The summed E-state index contributed by atoms with van der Waals surface area (Å²) in [5.41, 5.74) is 0. The fourth-order valence-corrected chi connectivity index (χ4v) is 2.70. The second-order valence-electron chi connectivity index (χ2n) is 4.85. The minimum atomic E-state index is -0.145. The number of piperidine rings is 1. The van der Waals surface area contributed by atoms with Crippen LogP contribution >= 0.6 is 0 Å². The Kier molecular flexibility index (Phi) is 4.18. The van der Waals surface area contributed by atoms with Crippen LogP contribution in [0.5, 0.6) is 0 Å². The van der Waals surface area contributed by atoms with Gasteiger partial charge in [-0.05, 0) is 45.2 Å². The molecule has 92 valence electrons. The summed E-state index contributed by atoms with van der Waals surface area (Å²) in [6, 6.07) is 0. The van der Waals surface area contributed by atoms with Gasteiger partial charge in [0.05, 0.1) is 0 Å². The Balaban J connectivity index is 1.85. The van der Waals surface area contributed by atoms with Gasteiger partial charge in [-0.25, -0.2) is 0 Å². The van der Waals surface area contributed by atoms with Crippen LogP contribution in [0.2, 0.25) is 0 Å². The van der Waals surface area contributed by atoms with Crippen LogP contribution in [-0.2, 0) is 9.53 Å². The number of amides is 1.